The number of fused-ring (bicyclic) bond motifs is 1. The van der Waals surface area contributed by atoms with Gasteiger partial charge in [-0.05, 0) is 29.1 Å². The zero-order chi connectivity index (χ0) is 12.4. The van der Waals surface area contributed by atoms with Crippen LogP contribution in [0.1, 0.15) is 5.56 Å². The SMILES string of the molecule is Oc1ccc(CNc2ncnc3sccc23)cc1. The van der Waals surface area contributed by atoms with Crippen molar-refractivity contribution in [2.45, 2.75) is 6.54 Å². The number of anilines is 1. The maximum atomic E-state index is 9.22. The number of aromatic nitrogens is 2. The minimum absolute atomic E-state index is 0.279. The fourth-order valence-corrected chi connectivity index (χ4v) is 2.46. The highest BCUT2D eigenvalue weighted by atomic mass is 32.1. The van der Waals surface area contributed by atoms with E-state index in [1.54, 1.807) is 29.8 Å². The Labute approximate surface area is 108 Å². The third-order valence-electron chi connectivity index (χ3n) is 2.66. The van der Waals surface area contributed by atoms with Gasteiger partial charge in [-0.1, -0.05) is 12.1 Å². The van der Waals surface area contributed by atoms with Crippen molar-refractivity contribution in [3.63, 3.8) is 0 Å². The molecule has 0 fully saturated rings. The number of benzene rings is 1. The molecule has 0 aliphatic heterocycles. The van der Waals surface area contributed by atoms with Crippen molar-refractivity contribution in [1.29, 1.82) is 0 Å². The molecule has 2 N–H and O–H groups in total. The molecule has 90 valence electrons. The number of hydrogen-bond acceptors (Lipinski definition) is 5. The van der Waals surface area contributed by atoms with Gasteiger partial charge in [-0.25, -0.2) is 9.97 Å². The average Bonchev–Trinajstić information content (AvgIpc) is 2.87. The Morgan fingerprint density at radius 1 is 1.11 bits per heavy atom. The normalized spacial score (nSPS) is 10.7. The predicted octanol–water partition coefficient (Wildman–Crippen LogP) is 3.01. The second kappa shape index (κ2) is 4.62. The van der Waals surface area contributed by atoms with E-state index in [-0.39, 0.29) is 5.75 Å². The first-order valence-corrected chi connectivity index (χ1v) is 6.41. The summed E-state index contributed by atoms with van der Waals surface area (Å²) in [6.07, 6.45) is 1.57. The maximum Gasteiger partial charge on any atom is 0.138 e. The van der Waals surface area contributed by atoms with E-state index in [9.17, 15) is 5.11 Å². The zero-order valence-electron chi connectivity index (χ0n) is 9.50. The van der Waals surface area contributed by atoms with Crippen LogP contribution in [-0.4, -0.2) is 15.1 Å². The molecular formula is C13H11N3OS. The first-order chi connectivity index (χ1) is 8.83. The van der Waals surface area contributed by atoms with E-state index in [4.69, 9.17) is 0 Å². The molecule has 0 amide bonds. The summed E-state index contributed by atoms with van der Waals surface area (Å²) in [7, 11) is 0. The molecule has 3 aromatic rings. The van der Waals surface area contributed by atoms with Gasteiger partial charge in [-0.3, -0.25) is 0 Å². The van der Waals surface area contributed by atoms with Crippen LogP contribution in [0.25, 0.3) is 10.2 Å². The lowest BCUT2D eigenvalue weighted by Gasteiger charge is -2.06. The first-order valence-electron chi connectivity index (χ1n) is 5.53. The molecule has 4 nitrogen and oxygen atoms in total. The fraction of sp³-hybridized carbons (Fsp3) is 0.0769. The van der Waals surface area contributed by atoms with Gasteiger partial charge in [0.15, 0.2) is 0 Å². The molecule has 0 atom stereocenters. The maximum absolute atomic E-state index is 9.22. The third-order valence-corrected chi connectivity index (χ3v) is 3.48. The molecule has 0 spiro atoms. The van der Waals surface area contributed by atoms with Crippen molar-refractivity contribution >= 4 is 27.4 Å². The summed E-state index contributed by atoms with van der Waals surface area (Å²) >= 11 is 1.60. The second-order valence-electron chi connectivity index (χ2n) is 3.88. The van der Waals surface area contributed by atoms with Crippen molar-refractivity contribution in [3.05, 3.63) is 47.6 Å². The minimum Gasteiger partial charge on any atom is -0.508 e. The Morgan fingerprint density at radius 3 is 2.78 bits per heavy atom. The van der Waals surface area contributed by atoms with E-state index >= 15 is 0 Å². The summed E-state index contributed by atoms with van der Waals surface area (Å²) in [4.78, 5) is 9.43. The van der Waals surface area contributed by atoms with Gasteiger partial charge >= 0.3 is 0 Å². The zero-order valence-corrected chi connectivity index (χ0v) is 10.3. The van der Waals surface area contributed by atoms with Crippen LogP contribution in [-0.2, 0) is 6.54 Å². The van der Waals surface area contributed by atoms with Gasteiger partial charge in [0.2, 0.25) is 0 Å². The number of phenolic OH excluding ortho intramolecular Hbond substituents is 1. The standard InChI is InChI=1S/C13H11N3OS/c17-10-3-1-9(2-4-10)7-14-12-11-5-6-18-13(11)16-8-15-12/h1-6,8,17H,7H2,(H,14,15,16). The molecule has 0 unspecified atom stereocenters. The predicted molar refractivity (Wildman–Crippen MR) is 72.8 cm³/mol. The topological polar surface area (TPSA) is 58.0 Å². The summed E-state index contributed by atoms with van der Waals surface area (Å²) in [6.45, 7) is 0.669. The van der Waals surface area contributed by atoms with Gasteiger partial charge in [0, 0.05) is 6.54 Å². The quantitative estimate of drug-likeness (QED) is 0.757. The number of phenols is 1. The number of hydrogen-bond donors (Lipinski definition) is 2. The van der Waals surface area contributed by atoms with E-state index in [2.05, 4.69) is 15.3 Å². The molecule has 1 aromatic carbocycles. The average molecular weight is 257 g/mol. The van der Waals surface area contributed by atoms with Gasteiger partial charge in [0.1, 0.15) is 22.7 Å². The molecule has 0 radical (unpaired) electrons. The van der Waals surface area contributed by atoms with E-state index in [0.29, 0.717) is 6.54 Å². The Balaban J connectivity index is 1.80. The van der Waals surface area contributed by atoms with Crippen LogP contribution in [0.4, 0.5) is 5.82 Å². The van der Waals surface area contributed by atoms with Crippen molar-refractivity contribution in [2.75, 3.05) is 5.32 Å². The molecule has 2 aromatic heterocycles. The van der Waals surface area contributed by atoms with Crippen LogP contribution >= 0.6 is 11.3 Å². The number of nitrogens with zero attached hydrogens (tertiary/aromatic N) is 2. The summed E-state index contributed by atoms with van der Waals surface area (Å²) in [5, 5.41) is 15.5. The number of nitrogens with one attached hydrogen (secondary N) is 1. The number of thiophene rings is 1. The van der Waals surface area contributed by atoms with Gasteiger partial charge in [-0.2, -0.15) is 0 Å². The molecule has 18 heavy (non-hydrogen) atoms. The molecular weight excluding hydrogens is 246 g/mol. The van der Waals surface area contributed by atoms with Crippen LogP contribution in [0.5, 0.6) is 5.75 Å². The Kier molecular flexibility index (Phi) is 2.82. The summed E-state index contributed by atoms with van der Waals surface area (Å²) in [6, 6.07) is 9.14. The van der Waals surface area contributed by atoms with Gasteiger partial charge in [0.25, 0.3) is 0 Å². The largest absolute Gasteiger partial charge is 0.508 e. The third kappa shape index (κ3) is 2.12. The highest BCUT2D eigenvalue weighted by Gasteiger charge is 2.03. The van der Waals surface area contributed by atoms with Crippen LogP contribution in [0.3, 0.4) is 0 Å². The lowest BCUT2D eigenvalue weighted by Crippen LogP contribution is -2.01. The molecule has 0 aliphatic rings. The lowest BCUT2D eigenvalue weighted by molar-refractivity contribution is 0.475. The monoisotopic (exact) mass is 257 g/mol. The van der Waals surface area contributed by atoms with Gasteiger partial charge in [-0.15, -0.1) is 11.3 Å². The summed E-state index contributed by atoms with van der Waals surface area (Å²) < 4.78 is 0. The van der Waals surface area contributed by atoms with E-state index in [1.165, 1.54) is 0 Å². The molecule has 0 aliphatic carbocycles. The van der Waals surface area contributed by atoms with E-state index < -0.39 is 0 Å². The van der Waals surface area contributed by atoms with Gasteiger partial charge < -0.3 is 10.4 Å². The van der Waals surface area contributed by atoms with Crippen molar-refractivity contribution in [3.8, 4) is 5.75 Å². The minimum atomic E-state index is 0.279. The lowest BCUT2D eigenvalue weighted by atomic mass is 10.2. The molecule has 3 rings (SSSR count). The van der Waals surface area contributed by atoms with Gasteiger partial charge in [0.05, 0.1) is 5.39 Å². The van der Waals surface area contributed by atoms with Crippen LogP contribution in [0.2, 0.25) is 0 Å². The van der Waals surface area contributed by atoms with Crippen molar-refractivity contribution in [2.24, 2.45) is 0 Å². The fourth-order valence-electron chi connectivity index (χ4n) is 1.73. The number of aromatic hydroxyl groups is 1. The second-order valence-corrected chi connectivity index (χ2v) is 4.78. The van der Waals surface area contributed by atoms with Crippen molar-refractivity contribution < 1.29 is 5.11 Å². The Hall–Kier alpha value is -2.14. The molecule has 2 heterocycles. The highest BCUT2D eigenvalue weighted by molar-refractivity contribution is 7.16. The van der Waals surface area contributed by atoms with E-state index in [0.717, 1.165) is 21.6 Å². The first kappa shape index (κ1) is 11.0. The Morgan fingerprint density at radius 2 is 1.94 bits per heavy atom. The summed E-state index contributed by atoms with van der Waals surface area (Å²) in [5.41, 5.74) is 1.09. The van der Waals surface area contributed by atoms with Crippen molar-refractivity contribution in [1.82, 2.24) is 9.97 Å². The molecule has 5 heteroatoms. The van der Waals surface area contributed by atoms with E-state index in [1.807, 2.05) is 23.6 Å². The van der Waals surface area contributed by atoms with Crippen LogP contribution < -0.4 is 5.32 Å². The van der Waals surface area contributed by atoms with Crippen LogP contribution in [0, 0.1) is 0 Å². The van der Waals surface area contributed by atoms with Crippen LogP contribution in [0.15, 0.2) is 42.0 Å². The highest BCUT2D eigenvalue weighted by Crippen LogP contribution is 2.24. The Bertz CT molecular complexity index is 663. The molecule has 0 bridgehead atoms. The summed E-state index contributed by atoms with van der Waals surface area (Å²) in [5.74, 6) is 1.12. The molecule has 0 saturated carbocycles. The molecule has 0 saturated heterocycles. The smallest absolute Gasteiger partial charge is 0.138 e. The number of rotatable bonds is 3.